The van der Waals surface area contributed by atoms with Gasteiger partial charge in [0.2, 0.25) is 15.9 Å². The van der Waals surface area contributed by atoms with Crippen LogP contribution in [-0.2, 0) is 26.2 Å². The number of aromatic nitrogens is 1. The molecule has 1 amide bonds. The van der Waals surface area contributed by atoms with Crippen molar-refractivity contribution in [3.63, 3.8) is 0 Å². The van der Waals surface area contributed by atoms with E-state index < -0.39 is 10.0 Å². The normalized spacial score (nSPS) is 15.7. The number of sulfonamides is 1. The van der Waals surface area contributed by atoms with Gasteiger partial charge in [-0.25, -0.2) is 13.4 Å². The maximum absolute atomic E-state index is 12.5. The van der Waals surface area contributed by atoms with Crippen molar-refractivity contribution in [1.29, 1.82) is 0 Å². The first-order valence-electron chi connectivity index (χ1n) is 9.94. The molecule has 0 radical (unpaired) electrons. The minimum atomic E-state index is -3.52. The average Bonchev–Trinajstić information content (AvgIpc) is 3.21. The summed E-state index contributed by atoms with van der Waals surface area (Å²) in [5.74, 6) is -0.141. The first kappa shape index (κ1) is 21.6. The Morgan fingerprint density at radius 1 is 1.03 bits per heavy atom. The molecule has 9 heteroatoms. The van der Waals surface area contributed by atoms with E-state index in [1.54, 1.807) is 22.3 Å². The second kappa shape index (κ2) is 9.69. The van der Waals surface area contributed by atoms with Crippen LogP contribution in [0.15, 0.2) is 60.0 Å². The van der Waals surface area contributed by atoms with Crippen molar-refractivity contribution in [1.82, 2.24) is 14.2 Å². The molecule has 2 heterocycles. The number of piperazine rings is 1. The number of carbonyl (C=O) groups is 1. The highest BCUT2D eigenvalue weighted by Crippen LogP contribution is 2.22. The molecule has 0 N–H and O–H groups in total. The molecule has 1 aliphatic rings. The van der Waals surface area contributed by atoms with Gasteiger partial charge in [-0.2, -0.15) is 4.31 Å². The predicted molar refractivity (Wildman–Crippen MR) is 122 cm³/mol. The van der Waals surface area contributed by atoms with Crippen molar-refractivity contribution >= 4 is 43.6 Å². The number of thiazole rings is 1. The lowest BCUT2D eigenvalue weighted by Gasteiger charge is -2.33. The van der Waals surface area contributed by atoms with Crippen LogP contribution in [0.4, 0.5) is 0 Å². The number of rotatable bonds is 7. The van der Waals surface area contributed by atoms with E-state index in [1.807, 2.05) is 54.6 Å². The molecule has 1 fully saturated rings. The van der Waals surface area contributed by atoms with Gasteiger partial charge in [0, 0.05) is 31.6 Å². The number of carbonyl (C=O) groups excluding carboxylic acids is 1. The zero-order valence-electron chi connectivity index (χ0n) is 16.9. The van der Waals surface area contributed by atoms with Gasteiger partial charge in [-0.1, -0.05) is 42.5 Å². The highest BCUT2D eigenvalue weighted by Gasteiger charge is 2.27. The Kier molecular flexibility index (Phi) is 6.77. The fourth-order valence-corrected chi connectivity index (χ4v) is 5.38. The average molecular weight is 458 g/mol. The SMILES string of the molecule is O=C(COCc1nc2ccccc2s1)N1CCN(S(=O)(=O)/C=C/c2ccccc2)CC1. The molecule has 3 aromatic rings. The highest BCUT2D eigenvalue weighted by molar-refractivity contribution is 7.92. The lowest BCUT2D eigenvalue weighted by atomic mass is 10.2. The van der Waals surface area contributed by atoms with Crippen molar-refractivity contribution in [2.75, 3.05) is 32.8 Å². The third-order valence-electron chi connectivity index (χ3n) is 4.97. The summed E-state index contributed by atoms with van der Waals surface area (Å²) in [5, 5.41) is 2.05. The summed E-state index contributed by atoms with van der Waals surface area (Å²) >= 11 is 1.55. The van der Waals surface area contributed by atoms with Crippen LogP contribution in [0.1, 0.15) is 10.6 Å². The van der Waals surface area contributed by atoms with Gasteiger partial charge in [0.05, 0.1) is 16.8 Å². The Hall–Kier alpha value is -2.59. The van der Waals surface area contributed by atoms with Crippen LogP contribution in [-0.4, -0.2) is 61.3 Å². The van der Waals surface area contributed by atoms with Gasteiger partial charge < -0.3 is 9.64 Å². The van der Waals surface area contributed by atoms with Gasteiger partial charge in [-0.05, 0) is 23.8 Å². The fraction of sp³-hybridized carbons (Fsp3) is 0.273. The predicted octanol–water partition coefficient (Wildman–Crippen LogP) is 2.96. The first-order chi connectivity index (χ1) is 15.0. The third kappa shape index (κ3) is 5.56. The Balaban J connectivity index is 1.24. The summed E-state index contributed by atoms with van der Waals surface area (Å²) in [4.78, 5) is 18.6. The Bertz CT molecular complexity index is 1130. The van der Waals surface area contributed by atoms with E-state index in [2.05, 4.69) is 4.98 Å². The van der Waals surface area contributed by atoms with Crippen LogP contribution >= 0.6 is 11.3 Å². The molecule has 0 saturated carbocycles. The van der Waals surface area contributed by atoms with Crippen molar-refractivity contribution in [2.24, 2.45) is 0 Å². The molecular weight excluding hydrogens is 434 g/mol. The van der Waals surface area contributed by atoms with Crippen molar-refractivity contribution in [3.05, 3.63) is 70.6 Å². The van der Waals surface area contributed by atoms with Crippen LogP contribution in [0.5, 0.6) is 0 Å². The van der Waals surface area contributed by atoms with E-state index in [0.29, 0.717) is 13.1 Å². The van der Waals surface area contributed by atoms with E-state index in [1.165, 1.54) is 9.71 Å². The molecule has 1 aromatic heterocycles. The van der Waals surface area contributed by atoms with E-state index in [-0.39, 0.29) is 32.2 Å². The lowest BCUT2D eigenvalue weighted by molar-refractivity contribution is -0.137. The van der Waals surface area contributed by atoms with Crippen LogP contribution in [0.25, 0.3) is 16.3 Å². The minimum absolute atomic E-state index is 0.0451. The zero-order chi connectivity index (χ0) is 21.7. The third-order valence-corrected chi connectivity index (χ3v) is 7.55. The van der Waals surface area contributed by atoms with E-state index in [4.69, 9.17) is 4.74 Å². The molecule has 4 rings (SSSR count). The smallest absolute Gasteiger partial charge is 0.248 e. The van der Waals surface area contributed by atoms with Crippen molar-refractivity contribution in [3.8, 4) is 0 Å². The first-order valence-corrected chi connectivity index (χ1v) is 12.3. The van der Waals surface area contributed by atoms with Gasteiger partial charge in [0.25, 0.3) is 0 Å². The Morgan fingerprint density at radius 2 is 1.74 bits per heavy atom. The molecule has 0 unspecified atom stereocenters. The molecule has 31 heavy (non-hydrogen) atoms. The molecule has 0 aliphatic carbocycles. The summed E-state index contributed by atoms with van der Waals surface area (Å²) in [6, 6.07) is 17.1. The zero-order valence-corrected chi connectivity index (χ0v) is 18.5. The maximum atomic E-state index is 12.5. The van der Waals surface area contributed by atoms with Crippen molar-refractivity contribution in [2.45, 2.75) is 6.61 Å². The van der Waals surface area contributed by atoms with Gasteiger partial charge >= 0.3 is 0 Å². The summed E-state index contributed by atoms with van der Waals surface area (Å²) in [6.45, 7) is 1.47. The second-order valence-corrected chi connectivity index (χ2v) is 10.0. The number of benzene rings is 2. The molecule has 0 atom stereocenters. The minimum Gasteiger partial charge on any atom is -0.364 e. The summed E-state index contributed by atoms with van der Waals surface area (Å²) in [5.41, 5.74) is 1.75. The van der Waals surface area contributed by atoms with Crippen molar-refractivity contribution < 1.29 is 17.9 Å². The molecule has 0 bridgehead atoms. The quantitative estimate of drug-likeness (QED) is 0.545. The van der Waals surface area contributed by atoms with Gasteiger partial charge in [-0.3, -0.25) is 4.79 Å². The van der Waals surface area contributed by atoms with Crippen LogP contribution < -0.4 is 0 Å². The molecule has 2 aromatic carbocycles. The van der Waals surface area contributed by atoms with Gasteiger partial charge in [0.15, 0.2) is 0 Å². The summed E-state index contributed by atoms with van der Waals surface area (Å²) < 4.78 is 33.1. The molecule has 1 aliphatic heterocycles. The van der Waals surface area contributed by atoms with Gasteiger partial charge in [0.1, 0.15) is 11.6 Å². The van der Waals surface area contributed by atoms with Gasteiger partial charge in [-0.15, -0.1) is 11.3 Å². The topological polar surface area (TPSA) is 79.8 Å². The monoisotopic (exact) mass is 457 g/mol. The number of fused-ring (bicyclic) bond motifs is 1. The molecular formula is C22H23N3O4S2. The van der Waals surface area contributed by atoms with Crippen LogP contribution in [0, 0.1) is 0 Å². The largest absolute Gasteiger partial charge is 0.364 e. The Morgan fingerprint density at radius 3 is 2.48 bits per heavy atom. The number of ether oxygens (including phenoxy) is 1. The molecule has 162 valence electrons. The highest BCUT2D eigenvalue weighted by atomic mass is 32.2. The Labute approximate surface area is 185 Å². The number of amides is 1. The van der Waals surface area contributed by atoms with E-state index in [9.17, 15) is 13.2 Å². The van der Waals surface area contributed by atoms with Crippen LogP contribution in [0.3, 0.4) is 0 Å². The fourth-order valence-electron chi connectivity index (χ4n) is 3.31. The number of hydrogen-bond acceptors (Lipinski definition) is 6. The molecule has 1 saturated heterocycles. The van der Waals surface area contributed by atoms with E-state index >= 15 is 0 Å². The standard InChI is InChI=1S/C22H23N3O4S2/c26-22(17-29-16-21-23-19-8-4-5-9-20(19)30-21)24-11-13-25(14-12-24)31(27,28)15-10-18-6-2-1-3-7-18/h1-10,15H,11-14,16-17H2/b15-10+. The summed E-state index contributed by atoms with van der Waals surface area (Å²) in [7, 11) is -3.52. The molecule has 0 spiro atoms. The van der Waals surface area contributed by atoms with E-state index in [0.717, 1.165) is 20.8 Å². The van der Waals surface area contributed by atoms with Crippen LogP contribution in [0.2, 0.25) is 0 Å². The maximum Gasteiger partial charge on any atom is 0.248 e. The number of nitrogens with zero attached hydrogens (tertiary/aromatic N) is 3. The second-order valence-electron chi connectivity index (χ2n) is 7.11. The summed E-state index contributed by atoms with van der Waals surface area (Å²) in [6.07, 6.45) is 1.59. The number of hydrogen-bond donors (Lipinski definition) is 0. The molecule has 7 nitrogen and oxygen atoms in total. The lowest BCUT2D eigenvalue weighted by Crippen LogP contribution is -2.50. The number of para-hydroxylation sites is 1.